The molecule has 0 unspecified atom stereocenters. The second-order valence-electron chi connectivity index (χ2n) is 5.74. The van der Waals surface area contributed by atoms with Gasteiger partial charge < -0.3 is 4.42 Å². The summed E-state index contributed by atoms with van der Waals surface area (Å²) in [7, 11) is 0. The molecule has 1 heterocycles. The lowest BCUT2D eigenvalue weighted by atomic mass is 9.89. The average molecular weight is 271 g/mol. The number of carbonyl (C=O) groups excluding carboxylic acids is 1. The third kappa shape index (κ3) is 2.62. The number of oxazole rings is 1. The van der Waals surface area contributed by atoms with Crippen molar-refractivity contribution in [3.63, 3.8) is 0 Å². The fraction of sp³-hybridized carbons (Fsp3) is 0.529. The first-order valence-corrected chi connectivity index (χ1v) is 7.71. The molecule has 20 heavy (non-hydrogen) atoms. The SMILES string of the molecule is CCCC(=O)c1ccc2oc(C3CCCCC3)nc2c1. The minimum Gasteiger partial charge on any atom is -0.440 e. The highest BCUT2D eigenvalue weighted by molar-refractivity contribution is 5.98. The second-order valence-corrected chi connectivity index (χ2v) is 5.74. The van der Waals surface area contributed by atoms with Crippen molar-refractivity contribution in [2.45, 2.75) is 57.8 Å². The molecule has 1 fully saturated rings. The number of fused-ring (bicyclic) bond motifs is 1. The van der Waals surface area contributed by atoms with E-state index in [2.05, 4.69) is 4.98 Å². The molecule has 0 N–H and O–H groups in total. The number of carbonyl (C=O) groups is 1. The maximum absolute atomic E-state index is 11.9. The summed E-state index contributed by atoms with van der Waals surface area (Å²) in [6.45, 7) is 2.02. The Morgan fingerprint density at radius 1 is 1.30 bits per heavy atom. The van der Waals surface area contributed by atoms with Crippen molar-refractivity contribution < 1.29 is 9.21 Å². The molecular weight excluding hydrogens is 250 g/mol. The maximum atomic E-state index is 11.9. The summed E-state index contributed by atoms with van der Waals surface area (Å²) >= 11 is 0. The lowest BCUT2D eigenvalue weighted by molar-refractivity contribution is 0.0982. The van der Waals surface area contributed by atoms with Crippen molar-refractivity contribution in [3.8, 4) is 0 Å². The lowest BCUT2D eigenvalue weighted by Gasteiger charge is -2.17. The molecule has 0 spiro atoms. The Labute approximate surface area is 119 Å². The number of ketones is 1. The van der Waals surface area contributed by atoms with Crippen molar-refractivity contribution in [3.05, 3.63) is 29.7 Å². The van der Waals surface area contributed by atoms with E-state index in [0.29, 0.717) is 12.3 Å². The smallest absolute Gasteiger partial charge is 0.198 e. The van der Waals surface area contributed by atoms with Gasteiger partial charge in [0, 0.05) is 17.9 Å². The third-order valence-corrected chi connectivity index (χ3v) is 4.16. The van der Waals surface area contributed by atoms with Crippen LogP contribution in [0.15, 0.2) is 22.6 Å². The van der Waals surface area contributed by atoms with Gasteiger partial charge in [0.15, 0.2) is 17.3 Å². The topological polar surface area (TPSA) is 43.1 Å². The van der Waals surface area contributed by atoms with Crippen molar-refractivity contribution in [1.29, 1.82) is 0 Å². The van der Waals surface area contributed by atoms with E-state index in [9.17, 15) is 4.79 Å². The Balaban J connectivity index is 1.88. The van der Waals surface area contributed by atoms with Gasteiger partial charge in [-0.05, 0) is 37.5 Å². The Morgan fingerprint density at radius 2 is 2.10 bits per heavy atom. The van der Waals surface area contributed by atoms with Gasteiger partial charge in [0.05, 0.1) is 0 Å². The van der Waals surface area contributed by atoms with E-state index in [0.717, 1.165) is 29.0 Å². The van der Waals surface area contributed by atoms with Crippen LogP contribution < -0.4 is 0 Å². The van der Waals surface area contributed by atoms with E-state index >= 15 is 0 Å². The van der Waals surface area contributed by atoms with Gasteiger partial charge in [-0.25, -0.2) is 4.98 Å². The van der Waals surface area contributed by atoms with E-state index in [1.54, 1.807) is 0 Å². The van der Waals surface area contributed by atoms with Gasteiger partial charge in [-0.2, -0.15) is 0 Å². The molecule has 3 heteroatoms. The number of rotatable bonds is 4. The molecule has 1 aromatic heterocycles. The number of nitrogens with zero attached hydrogens (tertiary/aromatic N) is 1. The molecule has 0 bridgehead atoms. The van der Waals surface area contributed by atoms with Crippen LogP contribution in [0.25, 0.3) is 11.1 Å². The van der Waals surface area contributed by atoms with Crippen LogP contribution in [0, 0.1) is 0 Å². The van der Waals surface area contributed by atoms with Crippen LogP contribution >= 0.6 is 0 Å². The summed E-state index contributed by atoms with van der Waals surface area (Å²) in [6, 6.07) is 5.62. The van der Waals surface area contributed by atoms with E-state index < -0.39 is 0 Å². The highest BCUT2D eigenvalue weighted by Crippen LogP contribution is 2.33. The highest BCUT2D eigenvalue weighted by Gasteiger charge is 2.21. The Bertz CT molecular complexity index is 608. The molecule has 0 amide bonds. The first-order chi connectivity index (χ1) is 9.78. The molecule has 0 atom stereocenters. The van der Waals surface area contributed by atoms with Gasteiger partial charge in [0.2, 0.25) is 0 Å². The normalized spacial score (nSPS) is 16.6. The minimum absolute atomic E-state index is 0.191. The van der Waals surface area contributed by atoms with Crippen molar-refractivity contribution in [2.75, 3.05) is 0 Å². The van der Waals surface area contributed by atoms with Crippen molar-refractivity contribution in [2.24, 2.45) is 0 Å². The summed E-state index contributed by atoms with van der Waals surface area (Å²) in [5, 5.41) is 0. The fourth-order valence-corrected chi connectivity index (χ4v) is 3.01. The van der Waals surface area contributed by atoms with Crippen LogP contribution in [0.2, 0.25) is 0 Å². The van der Waals surface area contributed by atoms with Gasteiger partial charge in [-0.3, -0.25) is 4.79 Å². The standard InChI is InChI=1S/C17H21NO2/c1-2-6-15(19)13-9-10-16-14(11-13)18-17(20-16)12-7-4-3-5-8-12/h9-12H,2-8H2,1H3. The monoisotopic (exact) mass is 271 g/mol. The molecule has 3 rings (SSSR count). The summed E-state index contributed by atoms with van der Waals surface area (Å²) < 4.78 is 5.88. The van der Waals surface area contributed by atoms with Gasteiger partial charge >= 0.3 is 0 Å². The molecule has 3 nitrogen and oxygen atoms in total. The molecule has 106 valence electrons. The van der Waals surface area contributed by atoms with E-state index in [1.165, 1.54) is 32.1 Å². The number of benzene rings is 1. The van der Waals surface area contributed by atoms with E-state index in [4.69, 9.17) is 4.42 Å². The summed E-state index contributed by atoms with van der Waals surface area (Å²) in [6.07, 6.45) is 7.68. The fourth-order valence-electron chi connectivity index (χ4n) is 3.01. The van der Waals surface area contributed by atoms with Gasteiger partial charge in [0.25, 0.3) is 0 Å². The van der Waals surface area contributed by atoms with Crippen LogP contribution in [0.5, 0.6) is 0 Å². The first-order valence-electron chi connectivity index (χ1n) is 7.71. The third-order valence-electron chi connectivity index (χ3n) is 4.16. The Kier molecular flexibility index (Phi) is 3.86. The quantitative estimate of drug-likeness (QED) is 0.746. The number of Topliss-reactive ketones (excluding diaryl/α,β-unsaturated/α-hetero) is 1. The number of aromatic nitrogens is 1. The Morgan fingerprint density at radius 3 is 2.85 bits per heavy atom. The summed E-state index contributed by atoms with van der Waals surface area (Å²) in [4.78, 5) is 16.6. The molecule has 1 aromatic carbocycles. The molecule has 0 aliphatic heterocycles. The van der Waals surface area contributed by atoms with Crippen LogP contribution in [0.4, 0.5) is 0 Å². The first kappa shape index (κ1) is 13.3. The zero-order chi connectivity index (χ0) is 13.9. The minimum atomic E-state index is 0.191. The van der Waals surface area contributed by atoms with Gasteiger partial charge in [-0.15, -0.1) is 0 Å². The molecule has 1 aliphatic carbocycles. The van der Waals surface area contributed by atoms with E-state index in [1.807, 2.05) is 25.1 Å². The predicted molar refractivity (Wildman–Crippen MR) is 79.1 cm³/mol. The highest BCUT2D eigenvalue weighted by atomic mass is 16.3. The zero-order valence-electron chi connectivity index (χ0n) is 12.0. The number of hydrogen-bond donors (Lipinski definition) is 0. The van der Waals surface area contributed by atoms with Crippen LogP contribution in [0.3, 0.4) is 0 Å². The summed E-state index contributed by atoms with van der Waals surface area (Å²) in [5.41, 5.74) is 2.38. The van der Waals surface area contributed by atoms with Gasteiger partial charge in [-0.1, -0.05) is 26.2 Å². The molecule has 1 saturated carbocycles. The van der Waals surface area contributed by atoms with Crippen LogP contribution in [-0.4, -0.2) is 10.8 Å². The lowest BCUT2D eigenvalue weighted by Crippen LogP contribution is -2.04. The number of hydrogen-bond acceptors (Lipinski definition) is 3. The van der Waals surface area contributed by atoms with Crippen LogP contribution in [0.1, 0.15) is 74.0 Å². The molecule has 1 aliphatic rings. The molecule has 0 radical (unpaired) electrons. The zero-order valence-corrected chi connectivity index (χ0v) is 12.0. The molecular formula is C17H21NO2. The van der Waals surface area contributed by atoms with Crippen LogP contribution in [-0.2, 0) is 0 Å². The van der Waals surface area contributed by atoms with Crippen molar-refractivity contribution in [1.82, 2.24) is 4.98 Å². The average Bonchev–Trinajstić information content (AvgIpc) is 2.91. The maximum Gasteiger partial charge on any atom is 0.198 e. The van der Waals surface area contributed by atoms with E-state index in [-0.39, 0.29) is 5.78 Å². The summed E-state index contributed by atoms with van der Waals surface area (Å²) in [5.74, 6) is 1.52. The molecule has 2 aromatic rings. The molecule has 0 saturated heterocycles. The Hall–Kier alpha value is -1.64. The van der Waals surface area contributed by atoms with Crippen molar-refractivity contribution >= 4 is 16.9 Å². The van der Waals surface area contributed by atoms with Gasteiger partial charge in [0.1, 0.15) is 5.52 Å². The predicted octanol–water partition coefficient (Wildman–Crippen LogP) is 4.86. The largest absolute Gasteiger partial charge is 0.440 e. The second kappa shape index (κ2) is 5.78.